The van der Waals surface area contributed by atoms with Gasteiger partial charge in [-0.05, 0) is 49.6 Å². The fourth-order valence-corrected chi connectivity index (χ4v) is 5.58. The van der Waals surface area contributed by atoms with Gasteiger partial charge in [0.25, 0.3) is 0 Å². The van der Waals surface area contributed by atoms with Crippen LogP contribution in [0.3, 0.4) is 0 Å². The lowest BCUT2D eigenvalue weighted by atomic mass is 10.2. The predicted molar refractivity (Wildman–Crippen MR) is 121 cm³/mol. The van der Waals surface area contributed by atoms with Crippen LogP contribution in [0.4, 0.5) is 0 Å². The quantitative estimate of drug-likeness (QED) is 0.434. The lowest BCUT2D eigenvalue weighted by molar-refractivity contribution is 0.0496. The van der Waals surface area contributed by atoms with Crippen molar-refractivity contribution in [3.05, 3.63) is 64.6 Å². The zero-order valence-corrected chi connectivity index (χ0v) is 18.6. The number of rotatable bonds is 7. The van der Waals surface area contributed by atoms with Crippen molar-refractivity contribution >= 4 is 27.0 Å². The number of H-pyrrole nitrogens is 1. The van der Waals surface area contributed by atoms with Crippen LogP contribution in [-0.4, -0.2) is 47.9 Å². The van der Waals surface area contributed by atoms with Gasteiger partial charge in [0.05, 0.1) is 28.1 Å². The van der Waals surface area contributed by atoms with Crippen LogP contribution < -0.4 is 5.69 Å². The summed E-state index contributed by atoms with van der Waals surface area (Å²) >= 11 is 0. The van der Waals surface area contributed by atoms with Gasteiger partial charge in [0.15, 0.2) is 0 Å². The molecule has 0 bridgehead atoms. The Morgan fingerprint density at radius 2 is 1.75 bits per heavy atom. The molecule has 1 aliphatic heterocycles. The average molecular weight is 458 g/mol. The van der Waals surface area contributed by atoms with Gasteiger partial charge in [-0.25, -0.2) is 18.0 Å². The van der Waals surface area contributed by atoms with E-state index in [1.807, 2.05) is 24.3 Å². The highest BCUT2D eigenvalue weighted by Crippen LogP contribution is 2.21. The van der Waals surface area contributed by atoms with Crippen LogP contribution in [0.1, 0.15) is 42.5 Å². The molecule has 2 heterocycles. The molecule has 1 fully saturated rings. The normalized spacial score (nSPS) is 15.5. The molecule has 3 aromatic rings. The molecule has 0 saturated carbocycles. The number of sulfonamides is 1. The molecule has 170 valence electrons. The second-order valence-electron chi connectivity index (χ2n) is 7.93. The van der Waals surface area contributed by atoms with Crippen molar-refractivity contribution in [1.82, 2.24) is 13.9 Å². The van der Waals surface area contributed by atoms with Crippen molar-refractivity contribution in [2.75, 3.05) is 19.7 Å². The zero-order valence-electron chi connectivity index (χ0n) is 17.8. The molecular formula is C23H27N3O5S. The highest BCUT2D eigenvalue weighted by Gasteiger charge is 2.26. The number of hydrogen-bond donors (Lipinski definition) is 1. The Bertz CT molecular complexity index is 1250. The molecule has 8 nitrogen and oxygen atoms in total. The number of nitrogens with zero attached hydrogens (tertiary/aromatic N) is 2. The first-order valence-corrected chi connectivity index (χ1v) is 12.4. The number of carbonyl (C=O) groups excluding carboxylic acids is 1. The van der Waals surface area contributed by atoms with Gasteiger partial charge in [0.2, 0.25) is 10.0 Å². The summed E-state index contributed by atoms with van der Waals surface area (Å²) < 4.78 is 34.4. The topological polar surface area (TPSA) is 101 Å². The number of imidazole rings is 1. The van der Waals surface area contributed by atoms with Crippen molar-refractivity contribution in [3.63, 3.8) is 0 Å². The highest BCUT2D eigenvalue weighted by atomic mass is 32.2. The standard InChI is InChI=1S/C23H27N3O5S/c27-22(31-16-8-15-26-21-12-4-3-11-20(21)24-23(26)28)18-9-7-10-19(17-18)32(29,30)25-13-5-1-2-6-14-25/h3-4,7,9-12,17H,1-2,5-6,8,13-16H2,(H,24,28). The Balaban J connectivity index is 1.37. The maximum atomic E-state index is 13.0. The Morgan fingerprint density at radius 3 is 2.53 bits per heavy atom. The van der Waals surface area contributed by atoms with E-state index in [9.17, 15) is 18.0 Å². The number of carbonyl (C=O) groups is 1. The number of esters is 1. The maximum absolute atomic E-state index is 13.0. The number of nitrogens with one attached hydrogen (secondary N) is 1. The number of para-hydroxylation sites is 2. The molecule has 32 heavy (non-hydrogen) atoms. The van der Waals surface area contributed by atoms with Crippen molar-refractivity contribution in [2.45, 2.75) is 43.5 Å². The van der Waals surface area contributed by atoms with E-state index in [-0.39, 0.29) is 22.8 Å². The van der Waals surface area contributed by atoms with Gasteiger partial charge in [-0.2, -0.15) is 4.31 Å². The van der Waals surface area contributed by atoms with Crippen LogP contribution in [0.25, 0.3) is 11.0 Å². The van der Waals surface area contributed by atoms with Crippen molar-refractivity contribution < 1.29 is 17.9 Å². The largest absolute Gasteiger partial charge is 0.462 e. The van der Waals surface area contributed by atoms with Crippen LogP contribution in [0.2, 0.25) is 0 Å². The number of aromatic amines is 1. The van der Waals surface area contributed by atoms with Gasteiger partial charge in [0.1, 0.15) is 0 Å². The molecule has 4 rings (SSSR count). The summed E-state index contributed by atoms with van der Waals surface area (Å²) in [4.78, 5) is 27.5. The summed E-state index contributed by atoms with van der Waals surface area (Å²) in [5.74, 6) is -0.579. The molecule has 2 aromatic carbocycles. The number of ether oxygens (including phenoxy) is 1. The van der Waals surface area contributed by atoms with Gasteiger partial charge >= 0.3 is 11.7 Å². The van der Waals surface area contributed by atoms with E-state index >= 15 is 0 Å². The van der Waals surface area contributed by atoms with Gasteiger partial charge in [-0.1, -0.05) is 31.0 Å². The summed E-state index contributed by atoms with van der Waals surface area (Å²) in [6.07, 6.45) is 4.21. The van der Waals surface area contributed by atoms with Crippen molar-refractivity contribution in [3.8, 4) is 0 Å². The summed E-state index contributed by atoms with van der Waals surface area (Å²) in [6, 6.07) is 13.4. The van der Waals surface area contributed by atoms with Crippen LogP contribution in [-0.2, 0) is 21.3 Å². The smallest absolute Gasteiger partial charge is 0.338 e. The third-order valence-electron chi connectivity index (χ3n) is 5.71. The number of benzene rings is 2. The van der Waals surface area contributed by atoms with Crippen LogP contribution in [0.15, 0.2) is 58.2 Å². The molecule has 1 aliphatic rings. The fourth-order valence-electron chi connectivity index (χ4n) is 4.01. The van der Waals surface area contributed by atoms with E-state index in [0.717, 1.165) is 36.7 Å². The molecule has 0 unspecified atom stereocenters. The molecule has 1 aromatic heterocycles. The van der Waals surface area contributed by atoms with Gasteiger partial charge in [-0.3, -0.25) is 4.57 Å². The van der Waals surface area contributed by atoms with Crippen LogP contribution in [0.5, 0.6) is 0 Å². The third kappa shape index (κ3) is 4.78. The molecule has 0 aliphatic carbocycles. The number of fused-ring (bicyclic) bond motifs is 1. The Morgan fingerprint density at radius 1 is 1.00 bits per heavy atom. The van der Waals surface area contributed by atoms with Crippen molar-refractivity contribution in [2.24, 2.45) is 0 Å². The Kier molecular flexibility index (Phi) is 6.76. The predicted octanol–water partition coefficient (Wildman–Crippen LogP) is 3.14. The summed E-state index contributed by atoms with van der Waals surface area (Å²) in [7, 11) is -3.64. The zero-order chi connectivity index (χ0) is 22.6. The maximum Gasteiger partial charge on any atom is 0.338 e. The Labute approximate surface area is 186 Å². The first kappa shape index (κ1) is 22.3. The van der Waals surface area contributed by atoms with Crippen LogP contribution >= 0.6 is 0 Å². The highest BCUT2D eigenvalue weighted by molar-refractivity contribution is 7.89. The molecular weight excluding hydrogens is 430 g/mol. The minimum Gasteiger partial charge on any atom is -0.462 e. The second-order valence-corrected chi connectivity index (χ2v) is 9.87. The summed E-state index contributed by atoms with van der Waals surface area (Å²) in [5, 5.41) is 0. The third-order valence-corrected chi connectivity index (χ3v) is 7.61. The van der Waals surface area contributed by atoms with Crippen molar-refractivity contribution in [1.29, 1.82) is 0 Å². The van der Waals surface area contributed by atoms with Gasteiger partial charge in [0, 0.05) is 19.6 Å². The molecule has 1 N–H and O–H groups in total. The second kappa shape index (κ2) is 9.70. The first-order valence-electron chi connectivity index (χ1n) is 10.9. The lowest BCUT2D eigenvalue weighted by Crippen LogP contribution is -2.32. The number of aryl methyl sites for hydroxylation is 1. The molecule has 0 spiro atoms. The molecule has 0 atom stereocenters. The minimum atomic E-state index is -3.64. The number of hydrogen-bond acceptors (Lipinski definition) is 5. The summed E-state index contributed by atoms with van der Waals surface area (Å²) in [6.45, 7) is 1.53. The monoisotopic (exact) mass is 457 g/mol. The first-order chi connectivity index (χ1) is 15.5. The molecule has 0 amide bonds. The Hall–Kier alpha value is -2.91. The van der Waals surface area contributed by atoms with Gasteiger partial charge in [-0.15, -0.1) is 0 Å². The summed E-state index contributed by atoms with van der Waals surface area (Å²) in [5.41, 5.74) is 1.56. The van der Waals surface area contributed by atoms with E-state index < -0.39 is 16.0 Å². The lowest BCUT2D eigenvalue weighted by Gasteiger charge is -2.20. The molecule has 1 saturated heterocycles. The molecule has 9 heteroatoms. The van der Waals surface area contributed by atoms with E-state index in [1.54, 1.807) is 16.7 Å². The fraction of sp³-hybridized carbons (Fsp3) is 0.391. The van der Waals surface area contributed by atoms with Gasteiger partial charge < -0.3 is 9.72 Å². The average Bonchev–Trinajstić information content (AvgIpc) is 2.96. The van der Waals surface area contributed by atoms with E-state index in [1.165, 1.54) is 16.4 Å². The minimum absolute atomic E-state index is 0.110. The number of aromatic nitrogens is 2. The molecule has 0 radical (unpaired) electrons. The van der Waals surface area contributed by atoms with E-state index in [0.29, 0.717) is 26.1 Å². The van der Waals surface area contributed by atoms with E-state index in [4.69, 9.17) is 4.74 Å². The van der Waals surface area contributed by atoms with E-state index in [2.05, 4.69) is 4.98 Å². The SMILES string of the molecule is O=C(OCCCn1c(=O)[nH]c2ccccc21)c1cccc(S(=O)(=O)N2CCCCCC2)c1. The van der Waals surface area contributed by atoms with Crippen LogP contribution in [0, 0.1) is 0 Å².